The maximum Gasteiger partial charge on any atom is 0.130 e. The number of aromatic nitrogens is 1. The number of rotatable bonds is 4. The molecule has 2 heterocycles. The van der Waals surface area contributed by atoms with Gasteiger partial charge in [-0.25, -0.2) is 0 Å². The average Bonchev–Trinajstić information content (AvgIpc) is 3.29. The second-order valence-electron chi connectivity index (χ2n) is 10.4. The molecule has 0 bridgehead atoms. The van der Waals surface area contributed by atoms with Gasteiger partial charge in [0.2, 0.25) is 0 Å². The summed E-state index contributed by atoms with van der Waals surface area (Å²) in [7, 11) is 0. The standard InChI is InChI=1S/C31H28N4S/c1-20-6-10-23(11-7-20)35(24-12-8-21(2)9-13-24)25-15-27-28(34-19-25)29-31(5,30(27,3)4)16-26(36-29)14-22(17-32)18-33/h6-16,19,29H,1-5H3. The van der Waals surface area contributed by atoms with E-state index in [0.29, 0.717) is 0 Å². The Labute approximate surface area is 217 Å². The summed E-state index contributed by atoms with van der Waals surface area (Å²) in [5.41, 5.74) is 7.74. The zero-order valence-corrected chi connectivity index (χ0v) is 22.0. The van der Waals surface area contributed by atoms with Gasteiger partial charge in [-0.2, -0.15) is 10.5 Å². The Morgan fingerprint density at radius 1 is 0.917 bits per heavy atom. The molecule has 0 radical (unpaired) electrons. The van der Waals surface area contributed by atoms with Crippen molar-refractivity contribution < 1.29 is 0 Å². The second-order valence-corrected chi connectivity index (χ2v) is 11.5. The molecule has 0 N–H and O–H groups in total. The van der Waals surface area contributed by atoms with E-state index in [4.69, 9.17) is 4.98 Å². The number of pyridine rings is 1. The molecule has 36 heavy (non-hydrogen) atoms. The van der Waals surface area contributed by atoms with Gasteiger partial charge in [0.15, 0.2) is 0 Å². The number of hydrogen-bond acceptors (Lipinski definition) is 5. The van der Waals surface area contributed by atoms with Crippen molar-refractivity contribution in [2.24, 2.45) is 5.41 Å². The second kappa shape index (κ2) is 8.70. The van der Waals surface area contributed by atoms with Crippen LogP contribution in [0.25, 0.3) is 0 Å². The highest BCUT2D eigenvalue weighted by molar-refractivity contribution is 8.03. The molecule has 3 aromatic rings. The van der Waals surface area contributed by atoms with Crippen molar-refractivity contribution in [1.82, 2.24) is 4.98 Å². The fraction of sp³-hybridized carbons (Fsp3) is 0.258. The number of aryl methyl sites for hydroxylation is 2. The van der Waals surface area contributed by atoms with Gasteiger partial charge in [0.05, 0.1) is 22.8 Å². The fourth-order valence-electron chi connectivity index (χ4n) is 5.24. The lowest BCUT2D eigenvalue weighted by molar-refractivity contribution is 0.268. The van der Waals surface area contributed by atoms with E-state index in [0.717, 1.165) is 27.7 Å². The van der Waals surface area contributed by atoms with Crippen LogP contribution in [0.15, 0.2) is 83.4 Å². The topological polar surface area (TPSA) is 63.7 Å². The minimum atomic E-state index is -0.190. The van der Waals surface area contributed by atoms with Crippen LogP contribution >= 0.6 is 11.8 Å². The molecule has 5 heteroatoms. The number of thioether (sulfide) groups is 1. The van der Waals surface area contributed by atoms with Crippen molar-refractivity contribution in [3.05, 3.63) is 106 Å². The predicted molar refractivity (Wildman–Crippen MR) is 147 cm³/mol. The number of nitrogens with zero attached hydrogens (tertiary/aromatic N) is 4. The van der Waals surface area contributed by atoms with E-state index >= 15 is 0 Å². The van der Waals surface area contributed by atoms with Crippen LogP contribution in [0.5, 0.6) is 0 Å². The molecular weight excluding hydrogens is 460 g/mol. The SMILES string of the molecule is Cc1ccc(N(c2ccc(C)cc2)c2cnc3c(c2)C(C)(C)C2(C)C=C(C=C(C#N)C#N)SC32)cc1. The van der Waals surface area contributed by atoms with E-state index in [-0.39, 0.29) is 21.7 Å². The Kier molecular flexibility index (Phi) is 5.78. The number of allylic oxidation sites excluding steroid dienone is 3. The molecule has 1 aliphatic heterocycles. The summed E-state index contributed by atoms with van der Waals surface area (Å²) in [6, 6.07) is 23.4. The Balaban J connectivity index is 1.61. The van der Waals surface area contributed by atoms with Crippen LogP contribution in [-0.4, -0.2) is 4.98 Å². The number of hydrogen-bond donors (Lipinski definition) is 0. The van der Waals surface area contributed by atoms with E-state index in [1.54, 1.807) is 17.8 Å². The fourth-order valence-corrected chi connectivity index (χ4v) is 6.92. The van der Waals surface area contributed by atoms with Gasteiger partial charge in [-0.15, -0.1) is 11.8 Å². The van der Waals surface area contributed by atoms with Gasteiger partial charge in [0.25, 0.3) is 0 Å². The molecule has 0 saturated carbocycles. The number of anilines is 3. The Bertz CT molecular complexity index is 1420. The lowest BCUT2D eigenvalue weighted by Crippen LogP contribution is -2.33. The molecule has 5 rings (SSSR count). The summed E-state index contributed by atoms with van der Waals surface area (Å²) in [6.45, 7) is 11.0. The first-order valence-electron chi connectivity index (χ1n) is 12.0. The van der Waals surface area contributed by atoms with Crippen molar-refractivity contribution in [1.29, 1.82) is 10.5 Å². The quantitative estimate of drug-likeness (QED) is 0.347. The molecule has 0 amide bonds. The molecule has 0 fully saturated rings. The van der Waals surface area contributed by atoms with Crippen LogP contribution in [-0.2, 0) is 5.41 Å². The van der Waals surface area contributed by atoms with Crippen molar-refractivity contribution in [2.45, 2.75) is 45.3 Å². The summed E-state index contributed by atoms with van der Waals surface area (Å²) in [6.07, 6.45) is 5.91. The summed E-state index contributed by atoms with van der Waals surface area (Å²) >= 11 is 1.70. The number of fused-ring (bicyclic) bond motifs is 3. The molecule has 2 aliphatic rings. The lowest BCUT2D eigenvalue weighted by atomic mass is 9.67. The Morgan fingerprint density at radius 2 is 1.47 bits per heavy atom. The third-order valence-corrected chi connectivity index (χ3v) is 9.24. The highest BCUT2D eigenvalue weighted by atomic mass is 32.2. The summed E-state index contributed by atoms with van der Waals surface area (Å²) in [4.78, 5) is 8.29. The molecule has 1 aromatic heterocycles. The maximum atomic E-state index is 9.22. The van der Waals surface area contributed by atoms with Crippen LogP contribution in [0.4, 0.5) is 17.1 Å². The molecule has 1 aliphatic carbocycles. The summed E-state index contributed by atoms with van der Waals surface area (Å²) < 4.78 is 0. The molecule has 2 atom stereocenters. The number of benzene rings is 2. The molecular formula is C31H28N4S. The molecule has 4 nitrogen and oxygen atoms in total. The zero-order chi connectivity index (χ0) is 25.7. The minimum Gasteiger partial charge on any atom is -0.309 e. The van der Waals surface area contributed by atoms with Crippen LogP contribution in [0.1, 0.15) is 48.4 Å². The van der Waals surface area contributed by atoms with Gasteiger partial charge in [0, 0.05) is 27.1 Å². The van der Waals surface area contributed by atoms with E-state index in [1.165, 1.54) is 16.7 Å². The van der Waals surface area contributed by atoms with Gasteiger partial charge in [-0.3, -0.25) is 4.98 Å². The third kappa shape index (κ3) is 3.72. The molecule has 0 spiro atoms. The smallest absolute Gasteiger partial charge is 0.130 e. The minimum absolute atomic E-state index is 0.130. The predicted octanol–water partition coefficient (Wildman–Crippen LogP) is 8.11. The van der Waals surface area contributed by atoms with E-state index in [1.807, 2.05) is 18.3 Å². The van der Waals surface area contributed by atoms with E-state index < -0.39 is 0 Å². The summed E-state index contributed by atoms with van der Waals surface area (Å²) in [5, 5.41) is 18.6. The average molecular weight is 489 g/mol. The van der Waals surface area contributed by atoms with Crippen LogP contribution in [0.2, 0.25) is 0 Å². The first-order valence-corrected chi connectivity index (χ1v) is 12.9. The van der Waals surface area contributed by atoms with Gasteiger partial charge in [-0.05, 0) is 55.8 Å². The summed E-state index contributed by atoms with van der Waals surface area (Å²) in [5.74, 6) is 0. The van der Waals surface area contributed by atoms with Gasteiger partial charge >= 0.3 is 0 Å². The monoisotopic (exact) mass is 488 g/mol. The molecule has 0 saturated heterocycles. The highest BCUT2D eigenvalue weighted by Crippen LogP contribution is 2.68. The molecule has 178 valence electrons. The van der Waals surface area contributed by atoms with Gasteiger partial charge in [-0.1, -0.05) is 62.2 Å². The van der Waals surface area contributed by atoms with E-state index in [9.17, 15) is 10.5 Å². The van der Waals surface area contributed by atoms with E-state index in [2.05, 4.69) is 100 Å². The highest BCUT2D eigenvalue weighted by Gasteiger charge is 2.58. The largest absolute Gasteiger partial charge is 0.309 e. The zero-order valence-electron chi connectivity index (χ0n) is 21.2. The lowest BCUT2D eigenvalue weighted by Gasteiger charge is -2.37. The first kappa shape index (κ1) is 23.9. The first-order chi connectivity index (χ1) is 17.2. The Morgan fingerprint density at radius 3 is 2.00 bits per heavy atom. The maximum absolute atomic E-state index is 9.22. The van der Waals surface area contributed by atoms with Crippen LogP contribution < -0.4 is 4.90 Å². The number of nitriles is 2. The van der Waals surface area contributed by atoms with Crippen molar-refractivity contribution >= 4 is 28.8 Å². The third-order valence-electron chi connectivity index (χ3n) is 7.78. The van der Waals surface area contributed by atoms with Gasteiger partial charge < -0.3 is 4.90 Å². The van der Waals surface area contributed by atoms with Crippen molar-refractivity contribution in [3.8, 4) is 12.1 Å². The molecule has 2 aromatic carbocycles. The molecule has 2 unspecified atom stereocenters. The van der Waals surface area contributed by atoms with Crippen molar-refractivity contribution in [2.75, 3.05) is 4.90 Å². The van der Waals surface area contributed by atoms with Crippen LogP contribution in [0.3, 0.4) is 0 Å². The van der Waals surface area contributed by atoms with Crippen LogP contribution in [0, 0.1) is 41.9 Å². The normalized spacial score (nSPS) is 21.0. The van der Waals surface area contributed by atoms with Crippen molar-refractivity contribution in [3.63, 3.8) is 0 Å². The Hall–Kier alpha value is -3.80. The van der Waals surface area contributed by atoms with Gasteiger partial charge in [0.1, 0.15) is 17.7 Å².